The maximum Gasteiger partial charge on any atom is 0.266 e. The minimum absolute atomic E-state index is 0.0378. The quantitative estimate of drug-likeness (QED) is 0.393. The summed E-state index contributed by atoms with van der Waals surface area (Å²) in [7, 11) is -4.34. The number of hydrogen-bond acceptors (Lipinski definition) is 8. The number of sulfonamides is 1. The molecule has 1 aromatic heterocycles. The van der Waals surface area contributed by atoms with Crippen LogP contribution in [0.3, 0.4) is 0 Å². The van der Waals surface area contributed by atoms with E-state index in [2.05, 4.69) is 19.4 Å². The summed E-state index contributed by atoms with van der Waals surface area (Å²) < 4.78 is 59.7. The first-order chi connectivity index (χ1) is 14.7. The maximum atomic E-state index is 14.6. The van der Waals surface area contributed by atoms with E-state index in [0.29, 0.717) is 19.2 Å². The number of anilines is 2. The number of nitrogens with zero attached hydrogens (tertiary/aromatic N) is 2. The molecule has 0 saturated heterocycles. The summed E-state index contributed by atoms with van der Waals surface area (Å²) in [6, 6.07) is 1.36. The van der Waals surface area contributed by atoms with E-state index >= 15 is 0 Å². The lowest BCUT2D eigenvalue weighted by Crippen LogP contribution is -2.41. The Labute approximate surface area is 185 Å². The number of halogens is 2. The summed E-state index contributed by atoms with van der Waals surface area (Å²) in [5, 5.41) is 2.87. The van der Waals surface area contributed by atoms with Crippen molar-refractivity contribution in [2.45, 2.75) is 50.0 Å². The van der Waals surface area contributed by atoms with Gasteiger partial charge in [0.25, 0.3) is 10.0 Å². The van der Waals surface area contributed by atoms with Gasteiger partial charge in [0.1, 0.15) is 22.9 Å². The van der Waals surface area contributed by atoms with Gasteiger partial charge in [0.15, 0.2) is 0 Å². The Morgan fingerprint density at radius 1 is 1.29 bits per heavy atom. The second kappa shape index (κ2) is 9.72. The smallest absolute Gasteiger partial charge is 0.266 e. The number of benzene rings is 1. The third-order valence-electron chi connectivity index (χ3n) is 5.98. The van der Waals surface area contributed by atoms with E-state index in [1.807, 2.05) is 6.92 Å². The van der Waals surface area contributed by atoms with Crippen LogP contribution >= 0.6 is 11.5 Å². The molecule has 31 heavy (non-hydrogen) atoms. The molecule has 0 amide bonds. The Bertz CT molecular complexity index is 982. The van der Waals surface area contributed by atoms with Crippen molar-refractivity contribution in [3.8, 4) is 0 Å². The van der Waals surface area contributed by atoms with Gasteiger partial charge < -0.3 is 16.8 Å². The molecule has 1 aliphatic rings. The van der Waals surface area contributed by atoms with Gasteiger partial charge in [-0.1, -0.05) is 6.42 Å². The van der Waals surface area contributed by atoms with Crippen LogP contribution in [0.1, 0.15) is 39.0 Å². The highest BCUT2D eigenvalue weighted by atomic mass is 32.2. The Kier molecular flexibility index (Phi) is 7.45. The Morgan fingerprint density at radius 2 is 2.03 bits per heavy atom. The monoisotopic (exact) mass is 474 g/mol. The number of nitrogens with two attached hydrogens (primary N) is 2. The normalized spacial score (nSPS) is 17.6. The highest BCUT2D eigenvalue weighted by Gasteiger charge is 2.38. The van der Waals surface area contributed by atoms with Crippen LogP contribution in [0.15, 0.2) is 23.4 Å². The molecule has 1 saturated carbocycles. The van der Waals surface area contributed by atoms with E-state index in [0.717, 1.165) is 49.6 Å². The van der Waals surface area contributed by atoms with Crippen molar-refractivity contribution in [3.63, 3.8) is 0 Å². The SMILES string of the molecule is CC(N)C(CNc1cc(F)c(S(=O)(=O)Nc2ncns2)cc1F)CC1(CCN)CCC1. The third kappa shape index (κ3) is 5.68. The molecule has 1 aliphatic carbocycles. The number of rotatable bonds is 11. The van der Waals surface area contributed by atoms with E-state index in [1.165, 1.54) is 6.42 Å². The van der Waals surface area contributed by atoms with Crippen molar-refractivity contribution in [1.82, 2.24) is 9.36 Å². The lowest BCUT2D eigenvalue weighted by atomic mass is 9.61. The minimum Gasteiger partial charge on any atom is -0.382 e. The summed E-state index contributed by atoms with van der Waals surface area (Å²) in [5.74, 6) is -1.91. The van der Waals surface area contributed by atoms with E-state index in [9.17, 15) is 17.2 Å². The fourth-order valence-corrected chi connectivity index (χ4v) is 5.77. The van der Waals surface area contributed by atoms with Crippen LogP contribution in [0, 0.1) is 23.0 Å². The molecule has 172 valence electrons. The number of nitrogens with one attached hydrogen (secondary N) is 2. The van der Waals surface area contributed by atoms with Gasteiger partial charge in [0.05, 0.1) is 5.69 Å². The van der Waals surface area contributed by atoms with Gasteiger partial charge in [-0.25, -0.2) is 22.2 Å². The zero-order chi connectivity index (χ0) is 22.6. The van der Waals surface area contributed by atoms with Gasteiger partial charge in [-0.15, -0.1) is 0 Å². The van der Waals surface area contributed by atoms with Gasteiger partial charge in [-0.2, -0.15) is 4.37 Å². The van der Waals surface area contributed by atoms with Crippen LogP contribution in [0.25, 0.3) is 0 Å². The van der Waals surface area contributed by atoms with Crippen LogP contribution in [-0.4, -0.2) is 36.9 Å². The molecule has 0 spiro atoms. The first-order valence-corrected chi connectivity index (χ1v) is 12.4. The van der Waals surface area contributed by atoms with E-state index < -0.39 is 26.6 Å². The minimum atomic E-state index is -4.34. The average Bonchev–Trinajstić information content (AvgIpc) is 3.16. The zero-order valence-corrected chi connectivity index (χ0v) is 18.9. The van der Waals surface area contributed by atoms with Crippen molar-refractivity contribution >= 4 is 32.4 Å². The van der Waals surface area contributed by atoms with Crippen molar-refractivity contribution in [3.05, 3.63) is 30.1 Å². The molecule has 8 nitrogen and oxygen atoms in total. The highest BCUT2D eigenvalue weighted by molar-refractivity contribution is 7.93. The standard InChI is InChI=1S/C19H28F2N6O2S2/c1-12(23)13(9-19(5-6-22)3-2-4-19)10-24-16-7-15(21)17(8-14(16)20)31(28,29)27-18-25-11-26-30-18/h7-8,11-13,24H,2-6,9-10,22-23H2,1H3,(H,25,26,27). The lowest BCUT2D eigenvalue weighted by molar-refractivity contribution is 0.0816. The second-order valence-corrected chi connectivity index (χ2v) is 10.6. The predicted octanol–water partition coefficient (Wildman–Crippen LogP) is 2.90. The van der Waals surface area contributed by atoms with E-state index in [4.69, 9.17) is 11.5 Å². The molecular formula is C19H28F2N6O2S2. The first kappa shape index (κ1) is 23.8. The summed E-state index contributed by atoms with van der Waals surface area (Å²) in [6.45, 7) is 2.85. The van der Waals surface area contributed by atoms with Gasteiger partial charge >= 0.3 is 0 Å². The zero-order valence-electron chi connectivity index (χ0n) is 17.3. The van der Waals surface area contributed by atoms with E-state index in [-0.39, 0.29) is 28.2 Å². The highest BCUT2D eigenvalue weighted by Crippen LogP contribution is 2.48. The van der Waals surface area contributed by atoms with Crippen LogP contribution in [0.2, 0.25) is 0 Å². The largest absolute Gasteiger partial charge is 0.382 e. The molecule has 6 N–H and O–H groups in total. The van der Waals surface area contributed by atoms with Crippen LogP contribution in [0.5, 0.6) is 0 Å². The fourth-order valence-electron chi connectivity index (χ4n) is 4.04. The predicted molar refractivity (Wildman–Crippen MR) is 117 cm³/mol. The van der Waals surface area contributed by atoms with Crippen LogP contribution in [-0.2, 0) is 10.0 Å². The van der Waals surface area contributed by atoms with Gasteiger partial charge in [0.2, 0.25) is 5.13 Å². The summed E-state index contributed by atoms with van der Waals surface area (Å²) in [5.41, 5.74) is 12.0. The molecule has 0 bridgehead atoms. The molecule has 0 radical (unpaired) electrons. The van der Waals surface area contributed by atoms with Gasteiger partial charge in [-0.05, 0) is 56.6 Å². The van der Waals surface area contributed by atoms with Crippen molar-refractivity contribution in [1.29, 1.82) is 0 Å². The summed E-state index contributed by atoms with van der Waals surface area (Å²) in [6.07, 6.45) is 6.31. The molecule has 1 aromatic carbocycles. The third-order valence-corrected chi connectivity index (χ3v) is 8.04. The fraction of sp³-hybridized carbons (Fsp3) is 0.579. The second-order valence-electron chi connectivity index (χ2n) is 8.21. The van der Waals surface area contributed by atoms with Crippen LogP contribution in [0.4, 0.5) is 19.6 Å². The topological polar surface area (TPSA) is 136 Å². The Balaban J connectivity index is 1.72. The molecule has 12 heteroatoms. The van der Waals surface area contributed by atoms with Crippen LogP contribution < -0.4 is 21.5 Å². The van der Waals surface area contributed by atoms with E-state index in [1.54, 1.807) is 0 Å². The number of aromatic nitrogens is 2. The average molecular weight is 475 g/mol. The Hall–Kier alpha value is -1.89. The molecule has 1 fully saturated rings. The molecular weight excluding hydrogens is 446 g/mol. The van der Waals surface area contributed by atoms with Crippen molar-refractivity contribution in [2.75, 3.05) is 23.1 Å². The van der Waals surface area contributed by atoms with Crippen molar-refractivity contribution in [2.24, 2.45) is 22.8 Å². The molecule has 3 rings (SSSR count). The molecule has 2 unspecified atom stereocenters. The lowest BCUT2D eigenvalue weighted by Gasteiger charge is -2.45. The molecule has 2 aromatic rings. The summed E-state index contributed by atoms with van der Waals surface area (Å²) in [4.78, 5) is 2.88. The first-order valence-electron chi connectivity index (χ1n) is 10.1. The Morgan fingerprint density at radius 3 is 2.58 bits per heavy atom. The maximum absolute atomic E-state index is 14.6. The van der Waals surface area contributed by atoms with Crippen molar-refractivity contribution < 1.29 is 17.2 Å². The van der Waals surface area contributed by atoms with Gasteiger partial charge in [-0.3, -0.25) is 4.72 Å². The number of hydrogen-bond donors (Lipinski definition) is 4. The summed E-state index contributed by atoms with van der Waals surface area (Å²) >= 11 is 0.786. The molecule has 1 heterocycles. The van der Waals surface area contributed by atoms with Gasteiger partial charge in [0, 0.05) is 30.2 Å². The molecule has 2 atom stereocenters. The molecule has 0 aliphatic heterocycles.